The van der Waals surface area contributed by atoms with Gasteiger partial charge >= 0.3 is 0 Å². The van der Waals surface area contributed by atoms with Crippen LogP contribution in [0, 0.1) is 5.92 Å². The number of carbonyl (C=O) groups is 1. The Morgan fingerprint density at radius 3 is 2.17 bits per heavy atom. The molecule has 0 aliphatic carbocycles. The van der Waals surface area contributed by atoms with Crippen LogP contribution in [0.5, 0.6) is 0 Å². The van der Waals surface area contributed by atoms with E-state index in [2.05, 4.69) is 43.4 Å². The maximum absolute atomic E-state index is 11.0. The summed E-state index contributed by atoms with van der Waals surface area (Å²) in [6, 6.07) is 8.35. The summed E-state index contributed by atoms with van der Waals surface area (Å²) in [6.45, 7) is 8.25. The Kier molecular flexibility index (Phi) is 5.35. The van der Waals surface area contributed by atoms with E-state index in [0.717, 1.165) is 6.42 Å². The van der Waals surface area contributed by atoms with Gasteiger partial charge in [-0.2, -0.15) is 0 Å². The average molecular weight is 248 g/mol. The first kappa shape index (κ1) is 14.7. The van der Waals surface area contributed by atoms with Crippen LogP contribution in [-0.2, 0) is 11.2 Å². The highest BCUT2D eigenvalue weighted by Gasteiger charge is 2.13. The first-order valence-electron chi connectivity index (χ1n) is 6.54. The molecular formula is C15H24N2O. The van der Waals surface area contributed by atoms with Crippen molar-refractivity contribution in [1.29, 1.82) is 0 Å². The van der Waals surface area contributed by atoms with E-state index in [9.17, 15) is 4.79 Å². The predicted molar refractivity (Wildman–Crippen MR) is 75.2 cm³/mol. The maximum atomic E-state index is 11.0. The molecule has 0 fully saturated rings. The van der Waals surface area contributed by atoms with Crippen LogP contribution in [0.15, 0.2) is 24.3 Å². The molecule has 0 bridgehead atoms. The number of rotatable bonds is 6. The van der Waals surface area contributed by atoms with Gasteiger partial charge in [0.2, 0.25) is 5.91 Å². The number of hydrogen-bond acceptors (Lipinski definition) is 2. The van der Waals surface area contributed by atoms with Gasteiger partial charge in [0, 0.05) is 6.04 Å². The molecule has 0 saturated heterocycles. The van der Waals surface area contributed by atoms with Gasteiger partial charge in [0.15, 0.2) is 0 Å². The van der Waals surface area contributed by atoms with Crippen molar-refractivity contribution < 1.29 is 4.79 Å². The quantitative estimate of drug-likeness (QED) is 0.812. The van der Waals surface area contributed by atoms with Crippen molar-refractivity contribution in [2.24, 2.45) is 11.7 Å². The molecule has 1 amide bonds. The third-order valence-corrected chi connectivity index (χ3v) is 3.05. The molecule has 0 radical (unpaired) electrons. The fourth-order valence-corrected chi connectivity index (χ4v) is 1.97. The highest BCUT2D eigenvalue weighted by molar-refractivity contribution is 5.79. The standard InChI is InChI=1S/C15H24N2O/c1-10(2)9-13-5-7-14(8-6-13)11(3)17-12(4)15(16)18/h5-8,10-12,17H,9H2,1-4H3,(H2,16,18)/t11-,12-/m1/s1. The molecule has 0 aliphatic rings. The van der Waals surface area contributed by atoms with Crippen LogP contribution in [0.2, 0.25) is 0 Å². The van der Waals surface area contributed by atoms with E-state index in [1.54, 1.807) is 6.92 Å². The maximum Gasteiger partial charge on any atom is 0.234 e. The van der Waals surface area contributed by atoms with Gasteiger partial charge in [-0.25, -0.2) is 0 Å². The first-order valence-corrected chi connectivity index (χ1v) is 6.54. The second-order valence-electron chi connectivity index (χ2n) is 5.35. The van der Waals surface area contributed by atoms with Crippen molar-refractivity contribution in [3.63, 3.8) is 0 Å². The van der Waals surface area contributed by atoms with Crippen molar-refractivity contribution in [3.8, 4) is 0 Å². The van der Waals surface area contributed by atoms with Crippen LogP contribution in [0.25, 0.3) is 0 Å². The lowest BCUT2D eigenvalue weighted by Crippen LogP contribution is -2.39. The summed E-state index contributed by atoms with van der Waals surface area (Å²) in [5.41, 5.74) is 7.77. The van der Waals surface area contributed by atoms with Crippen LogP contribution in [-0.4, -0.2) is 11.9 Å². The summed E-state index contributed by atoms with van der Waals surface area (Å²) in [4.78, 5) is 11.0. The Bertz CT molecular complexity index is 384. The molecule has 0 saturated carbocycles. The summed E-state index contributed by atoms with van der Waals surface area (Å²) in [7, 11) is 0. The number of nitrogens with two attached hydrogens (primary N) is 1. The SMILES string of the molecule is CC(C)Cc1ccc([C@@H](C)N[C@H](C)C(N)=O)cc1. The minimum atomic E-state index is -0.321. The van der Waals surface area contributed by atoms with Crippen molar-refractivity contribution in [2.75, 3.05) is 0 Å². The Morgan fingerprint density at radius 1 is 1.17 bits per heavy atom. The Hall–Kier alpha value is -1.35. The van der Waals surface area contributed by atoms with Crippen LogP contribution < -0.4 is 11.1 Å². The fourth-order valence-electron chi connectivity index (χ4n) is 1.97. The van der Waals surface area contributed by atoms with Crippen molar-refractivity contribution in [3.05, 3.63) is 35.4 Å². The lowest BCUT2D eigenvalue weighted by atomic mass is 9.99. The van der Waals surface area contributed by atoms with Gasteiger partial charge in [-0.15, -0.1) is 0 Å². The molecule has 2 atom stereocenters. The van der Waals surface area contributed by atoms with Crippen molar-refractivity contribution >= 4 is 5.91 Å². The molecule has 3 heteroatoms. The summed E-state index contributed by atoms with van der Waals surface area (Å²) in [5.74, 6) is 0.347. The number of primary amides is 1. The summed E-state index contributed by atoms with van der Waals surface area (Å²) in [5, 5.41) is 3.18. The second-order valence-corrected chi connectivity index (χ2v) is 5.35. The number of benzene rings is 1. The topological polar surface area (TPSA) is 55.1 Å². The zero-order chi connectivity index (χ0) is 13.7. The minimum absolute atomic E-state index is 0.126. The first-order chi connectivity index (χ1) is 8.40. The molecule has 100 valence electrons. The Labute approximate surface area is 110 Å². The minimum Gasteiger partial charge on any atom is -0.368 e. The summed E-state index contributed by atoms with van der Waals surface area (Å²) < 4.78 is 0. The third-order valence-electron chi connectivity index (χ3n) is 3.05. The molecule has 0 aliphatic heterocycles. The molecule has 1 aromatic carbocycles. The molecule has 1 rings (SSSR count). The van der Waals surface area contributed by atoms with Crippen LogP contribution >= 0.6 is 0 Å². The Morgan fingerprint density at radius 2 is 1.72 bits per heavy atom. The molecule has 0 heterocycles. The molecular weight excluding hydrogens is 224 g/mol. The smallest absolute Gasteiger partial charge is 0.234 e. The zero-order valence-corrected chi connectivity index (χ0v) is 11.7. The summed E-state index contributed by atoms with van der Waals surface area (Å²) in [6.07, 6.45) is 1.10. The molecule has 1 aromatic rings. The van der Waals surface area contributed by atoms with Crippen LogP contribution in [0.4, 0.5) is 0 Å². The molecule has 3 N–H and O–H groups in total. The van der Waals surface area contributed by atoms with Gasteiger partial charge in [-0.3, -0.25) is 10.1 Å². The van der Waals surface area contributed by atoms with E-state index in [0.29, 0.717) is 5.92 Å². The second kappa shape index (κ2) is 6.55. The third kappa shape index (κ3) is 4.49. The van der Waals surface area contributed by atoms with E-state index in [-0.39, 0.29) is 18.0 Å². The zero-order valence-electron chi connectivity index (χ0n) is 11.7. The lowest BCUT2D eigenvalue weighted by molar-refractivity contribution is -0.119. The van der Waals surface area contributed by atoms with E-state index in [1.807, 2.05) is 6.92 Å². The average Bonchev–Trinajstić information content (AvgIpc) is 2.28. The Balaban J connectivity index is 2.64. The molecule has 3 nitrogen and oxygen atoms in total. The van der Waals surface area contributed by atoms with Gasteiger partial charge in [0.25, 0.3) is 0 Å². The van der Waals surface area contributed by atoms with E-state index in [4.69, 9.17) is 5.73 Å². The van der Waals surface area contributed by atoms with Crippen LogP contribution in [0.1, 0.15) is 44.9 Å². The largest absolute Gasteiger partial charge is 0.368 e. The van der Waals surface area contributed by atoms with Crippen LogP contribution in [0.3, 0.4) is 0 Å². The monoisotopic (exact) mass is 248 g/mol. The molecule has 0 unspecified atom stereocenters. The molecule has 0 spiro atoms. The predicted octanol–water partition coefficient (Wildman–Crippen LogP) is 2.41. The molecule has 18 heavy (non-hydrogen) atoms. The lowest BCUT2D eigenvalue weighted by Gasteiger charge is -2.18. The van der Waals surface area contributed by atoms with Gasteiger partial charge in [-0.05, 0) is 37.3 Å². The fraction of sp³-hybridized carbons (Fsp3) is 0.533. The van der Waals surface area contributed by atoms with Crippen molar-refractivity contribution in [1.82, 2.24) is 5.32 Å². The number of hydrogen-bond donors (Lipinski definition) is 2. The number of carbonyl (C=O) groups excluding carboxylic acids is 1. The van der Waals surface area contributed by atoms with E-state index >= 15 is 0 Å². The highest BCUT2D eigenvalue weighted by atomic mass is 16.1. The van der Waals surface area contributed by atoms with Gasteiger partial charge in [0.05, 0.1) is 6.04 Å². The van der Waals surface area contributed by atoms with E-state index < -0.39 is 0 Å². The summed E-state index contributed by atoms with van der Waals surface area (Å²) >= 11 is 0. The normalized spacial score (nSPS) is 14.5. The number of nitrogens with one attached hydrogen (secondary N) is 1. The van der Waals surface area contributed by atoms with Crippen molar-refractivity contribution in [2.45, 2.75) is 46.2 Å². The number of amides is 1. The van der Waals surface area contributed by atoms with E-state index in [1.165, 1.54) is 11.1 Å². The van der Waals surface area contributed by atoms with Gasteiger partial charge in [0.1, 0.15) is 0 Å². The highest BCUT2D eigenvalue weighted by Crippen LogP contribution is 2.16. The van der Waals surface area contributed by atoms with Gasteiger partial charge < -0.3 is 5.73 Å². The van der Waals surface area contributed by atoms with Gasteiger partial charge in [-0.1, -0.05) is 38.1 Å². The molecule has 0 aromatic heterocycles.